The first-order chi connectivity index (χ1) is 7.60. The standard InChI is InChI=1S/C11H16ClN3O/c1-14-10(9(12)6-13-14)11(16)4-5-15(7-11)8-2-3-8/h6,8,16H,2-5,7H2,1H3. The number of hydrogen-bond donors (Lipinski definition) is 1. The van der Waals surface area contributed by atoms with Gasteiger partial charge in [0.2, 0.25) is 0 Å². The number of β-amino-alcohol motifs (C(OH)–C–C–N with tert-alkyl or cyclic N) is 1. The molecule has 1 saturated heterocycles. The van der Waals surface area contributed by atoms with Gasteiger partial charge in [-0.2, -0.15) is 5.10 Å². The van der Waals surface area contributed by atoms with E-state index in [0.717, 1.165) is 18.7 Å². The summed E-state index contributed by atoms with van der Waals surface area (Å²) in [6.45, 7) is 1.65. The van der Waals surface area contributed by atoms with Crippen LogP contribution < -0.4 is 0 Å². The summed E-state index contributed by atoms with van der Waals surface area (Å²) < 4.78 is 1.69. The molecule has 1 saturated carbocycles. The van der Waals surface area contributed by atoms with Crippen molar-refractivity contribution in [1.82, 2.24) is 14.7 Å². The number of halogens is 1. The zero-order valence-corrected chi connectivity index (χ0v) is 10.1. The Balaban J connectivity index is 1.88. The molecule has 1 unspecified atom stereocenters. The van der Waals surface area contributed by atoms with Gasteiger partial charge in [-0.3, -0.25) is 9.58 Å². The summed E-state index contributed by atoms with van der Waals surface area (Å²) in [4.78, 5) is 2.36. The Kier molecular flexibility index (Phi) is 2.28. The molecular weight excluding hydrogens is 226 g/mol. The quantitative estimate of drug-likeness (QED) is 0.844. The maximum Gasteiger partial charge on any atom is 0.121 e. The Labute approximate surface area is 99.8 Å². The van der Waals surface area contributed by atoms with Gasteiger partial charge in [0.1, 0.15) is 5.60 Å². The average molecular weight is 242 g/mol. The van der Waals surface area contributed by atoms with Crippen LogP contribution in [0.2, 0.25) is 5.02 Å². The van der Waals surface area contributed by atoms with Crippen molar-refractivity contribution < 1.29 is 5.11 Å². The smallest absolute Gasteiger partial charge is 0.121 e. The summed E-state index contributed by atoms with van der Waals surface area (Å²) in [6.07, 6.45) is 4.90. The Hall–Kier alpha value is -0.580. The van der Waals surface area contributed by atoms with Gasteiger partial charge in [0.15, 0.2) is 0 Å². The molecule has 1 aromatic rings. The first-order valence-electron chi connectivity index (χ1n) is 5.74. The summed E-state index contributed by atoms with van der Waals surface area (Å²) in [6, 6.07) is 0.695. The fourth-order valence-electron chi connectivity index (χ4n) is 2.70. The molecule has 1 atom stereocenters. The summed E-state index contributed by atoms with van der Waals surface area (Å²) in [7, 11) is 1.83. The SMILES string of the molecule is Cn1ncc(Cl)c1C1(O)CCN(C2CC2)C1. The highest BCUT2D eigenvalue weighted by molar-refractivity contribution is 6.31. The first kappa shape index (κ1) is 10.6. The molecule has 0 spiro atoms. The molecule has 4 nitrogen and oxygen atoms in total. The Morgan fingerprint density at radius 1 is 1.56 bits per heavy atom. The van der Waals surface area contributed by atoms with Crippen molar-refractivity contribution in [2.45, 2.75) is 30.9 Å². The lowest BCUT2D eigenvalue weighted by molar-refractivity contribution is 0.0372. The Bertz CT molecular complexity index is 396. The van der Waals surface area contributed by atoms with Crippen molar-refractivity contribution >= 4 is 11.6 Å². The number of aliphatic hydroxyl groups is 1. The molecule has 2 heterocycles. The zero-order valence-electron chi connectivity index (χ0n) is 9.36. The van der Waals surface area contributed by atoms with E-state index in [4.69, 9.17) is 11.6 Å². The summed E-state index contributed by atoms with van der Waals surface area (Å²) >= 11 is 6.10. The van der Waals surface area contributed by atoms with Gasteiger partial charge in [-0.1, -0.05) is 11.6 Å². The van der Waals surface area contributed by atoms with Crippen LogP contribution in [0.5, 0.6) is 0 Å². The zero-order chi connectivity index (χ0) is 11.3. The maximum atomic E-state index is 10.7. The van der Waals surface area contributed by atoms with Gasteiger partial charge in [0, 0.05) is 26.2 Å². The Morgan fingerprint density at radius 2 is 2.31 bits per heavy atom. The van der Waals surface area contributed by atoms with E-state index in [0.29, 0.717) is 17.6 Å². The van der Waals surface area contributed by atoms with Crippen LogP contribution in [0.1, 0.15) is 25.0 Å². The van der Waals surface area contributed by atoms with Crippen molar-refractivity contribution in [2.75, 3.05) is 13.1 Å². The molecule has 88 valence electrons. The molecule has 5 heteroatoms. The predicted molar refractivity (Wildman–Crippen MR) is 61.3 cm³/mol. The monoisotopic (exact) mass is 241 g/mol. The number of aryl methyl sites for hydroxylation is 1. The van der Waals surface area contributed by atoms with Crippen molar-refractivity contribution in [1.29, 1.82) is 0 Å². The molecule has 16 heavy (non-hydrogen) atoms. The average Bonchev–Trinajstić information content (AvgIpc) is 2.93. The van der Waals surface area contributed by atoms with E-state index in [1.54, 1.807) is 10.9 Å². The van der Waals surface area contributed by atoms with Gasteiger partial charge in [-0.25, -0.2) is 0 Å². The number of aromatic nitrogens is 2. The predicted octanol–water partition coefficient (Wildman–Crippen LogP) is 1.13. The number of likely N-dealkylation sites (tertiary alicyclic amines) is 1. The van der Waals surface area contributed by atoms with Gasteiger partial charge in [0.25, 0.3) is 0 Å². The molecule has 0 amide bonds. The van der Waals surface area contributed by atoms with Crippen LogP contribution in [0.15, 0.2) is 6.20 Å². The van der Waals surface area contributed by atoms with Gasteiger partial charge in [0.05, 0.1) is 16.9 Å². The van der Waals surface area contributed by atoms with E-state index in [1.165, 1.54) is 12.8 Å². The molecule has 2 fully saturated rings. The molecule has 1 aliphatic carbocycles. The fourth-order valence-corrected chi connectivity index (χ4v) is 3.04. The minimum Gasteiger partial charge on any atom is -0.382 e. The largest absolute Gasteiger partial charge is 0.382 e. The van der Waals surface area contributed by atoms with Crippen LogP contribution in [-0.4, -0.2) is 38.9 Å². The van der Waals surface area contributed by atoms with E-state index >= 15 is 0 Å². The van der Waals surface area contributed by atoms with Gasteiger partial charge < -0.3 is 5.11 Å². The minimum absolute atomic E-state index is 0.572. The second-order valence-corrected chi connectivity index (χ2v) is 5.36. The van der Waals surface area contributed by atoms with Crippen LogP contribution in [0.3, 0.4) is 0 Å². The molecule has 1 aromatic heterocycles. The molecule has 3 rings (SSSR count). The number of nitrogens with zero attached hydrogens (tertiary/aromatic N) is 3. The Morgan fingerprint density at radius 3 is 2.88 bits per heavy atom. The van der Waals surface area contributed by atoms with Gasteiger partial charge in [-0.05, 0) is 19.3 Å². The van der Waals surface area contributed by atoms with Gasteiger partial charge >= 0.3 is 0 Å². The molecule has 0 aromatic carbocycles. The van der Waals surface area contributed by atoms with Crippen molar-refractivity contribution in [3.05, 3.63) is 16.9 Å². The van der Waals surface area contributed by atoms with E-state index in [9.17, 15) is 5.11 Å². The van der Waals surface area contributed by atoms with Crippen molar-refractivity contribution in [3.8, 4) is 0 Å². The molecule has 0 radical (unpaired) electrons. The molecule has 1 aliphatic heterocycles. The van der Waals surface area contributed by atoms with E-state index in [2.05, 4.69) is 10.00 Å². The summed E-state index contributed by atoms with van der Waals surface area (Å²) in [5.74, 6) is 0. The number of rotatable bonds is 2. The third-order valence-electron chi connectivity index (χ3n) is 3.68. The topological polar surface area (TPSA) is 41.3 Å². The molecule has 1 N–H and O–H groups in total. The van der Waals surface area contributed by atoms with Crippen LogP contribution in [0.25, 0.3) is 0 Å². The lowest BCUT2D eigenvalue weighted by atomic mass is 9.99. The molecular formula is C11H16ClN3O. The lowest BCUT2D eigenvalue weighted by Crippen LogP contribution is -2.33. The highest BCUT2D eigenvalue weighted by atomic mass is 35.5. The van der Waals surface area contributed by atoms with E-state index < -0.39 is 5.60 Å². The fraction of sp³-hybridized carbons (Fsp3) is 0.727. The second-order valence-electron chi connectivity index (χ2n) is 4.95. The van der Waals surface area contributed by atoms with Crippen molar-refractivity contribution in [2.24, 2.45) is 7.05 Å². The summed E-state index contributed by atoms with van der Waals surface area (Å²) in [5, 5.41) is 15.3. The third kappa shape index (κ3) is 1.56. The van der Waals surface area contributed by atoms with E-state index in [1.807, 2.05) is 7.05 Å². The lowest BCUT2D eigenvalue weighted by Gasteiger charge is -2.24. The maximum absolute atomic E-state index is 10.7. The van der Waals surface area contributed by atoms with Crippen LogP contribution >= 0.6 is 11.6 Å². The van der Waals surface area contributed by atoms with Crippen LogP contribution in [-0.2, 0) is 12.6 Å². The second kappa shape index (κ2) is 3.45. The third-order valence-corrected chi connectivity index (χ3v) is 3.95. The van der Waals surface area contributed by atoms with Crippen LogP contribution in [0.4, 0.5) is 0 Å². The first-order valence-corrected chi connectivity index (χ1v) is 6.12. The van der Waals surface area contributed by atoms with E-state index in [-0.39, 0.29) is 0 Å². The van der Waals surface area contributed by atoms with Gasteiger partial charge in [-0.15, -0.1) is 0 Å². The normalized spacial score (nSPS) is 31.2. The highest BCUT2D eigenvalue weighted by Crippen LogP contribution is 2.40. The molecule has 2 aliphatic rings. The minimum atomic E-state index is -0.815. The highest BCUT2D eigenvalue weighted by Gasteiger charge is 2.45. The summed E-state index contributed by atoms with van der Waals surface area (Å²) in [5.41, 5.74) is -0.0532. The van der Waals surface area contributed by atoms with Crippen molar-refractivity contribution in [3.63, 3.8) is 0 Å². The molecule has 0 bridgehead atoms. The number of hydrogen-bond acceptors (Lipinski definition) is 3. The van der Waals surface area contributed by atoms with Crippen LogP contribution in [0, 0.1) is 0 Å².